The van der Waals surface area contributed by atoms with E-state index in [0.29, 0.717) is 12.3 Å². The van der Waals surface area contributed by atoms with E-state index in [1.54, 1.807) is 4.90 Å². The summed E-state index contributed by atoms with van der Waals surface area (Å²) in [5.41, 5.74) is 0. The Morgan fingerprint density at radius 1 is 1.43 bits per heavy atom. The molecule has 0 aliphatic carbocycles. The Bertz CT molecular complexity index is 206. The molecule has 1 N–H and O–H groups in total. The van der Waals surface area contributed by atoms with Crippen molar-refractivity contribution >= 4 is 23.6 Å². The number of carbonyl (C=O) groups excluding carboxylic acids is 1. The van der Waals surface area contributed by atoms with Crippen molar-refractivity contribution in [3.63, 3.8) is 0 Å². The molecule has 0 saturated heterocycles. The summed E-state index contributed by atoms with van der Waals surface area (Å²) in [6, 6.07) is 0.0639. The molecule has 82 valence electrons. The van der Waals surface area contributed by atoms with E-state index in [2.05, 4.69) is 0 Å². The quantitative estimate of drug-likeness (QED) is 0.725. The zero-order valence-corrected chi connectivity index (χ0v) is 9.63. The van der Waals surface area contributed by atoms with Crippen LogP contribution in [0.5, 0.6) is 0 Å². The maximum Gasteiger partial charge on any atom is 0.305 e. The highest BCUT2D eigenvalue weighted by Crippen LogP contribution is 2.04. The number of hydrogen-bond donors (Lipinski definition) is 1. The van der Waals surface area contributed by atoms with Crippen LogP contribution in [-0.2, 0) is 9.59 Å². The summed E-state index contributed by atoms with van der Waals surface area (Å²) < 4.78 is 0. The molecule has 0 bridgehead atoms. The third kappa shape index (κ3) is 5.11. The predicted molar refractivity (Wildman–Crippen MR) is 57.5 cm³/mol. The fourth-order valence-electron chi connectivity index (χ4n) is 1.09. The Morgan fingerprint density at radius 3 is 2.36 bits per heavy atom. The lowest BCUT2D eigenvalue weighted by molar-refractivity contribution is -0.138. The van der Waals surface area contributed by atoms with Crippen molar-refractivity contribution in [1.82, 2.24) is 4.90 Å². The van der Waals surface area contributed by atoms with Crippen LogP contribution < -0.4 is 0 Å². The lowest BCUT2D eigenvalue weighted by atomic mass is 10.3. The van der Waals surface area contributed by atoms with Gasteiger partial charge in [-0.2, -0.15) is 11.8 Å². The molecule has 14 heavy (non-hydrogen) atoms. The summed E-state index contributed by atoms with van der Waals surface area (Å²) in [5.74, 6) is -0.445. The van der Waals surface area contributed by atoms with Gasteiger partial charge in [-0.1, -0.05) is 0 Å². The van der Waals surface area contributed by atoms with Gasteiger partial charge in [0.2, 0.25) is 5.91 Å². The second-order valence-corrected chi connectivity index (χ2v) is 4.12. The average molecular weight is 219 g/mol. The number of hydrogen-bond acceptors (Lipinski definition) is 3. The van der Waals surface area contributed by atoms with Gasteiger partial charge in [-0.05, 0) is 20.1 Å². The van der Waals surface area contributed by atoms with Gasteiger partial charge in [0.15, 0.2) is 0 Å². The second-order valence-electron chi connectivity index (χ2n) is 3.26. The van der Waals surface area contributed by atoms with Gasteiger partial charge in [-0.15, -0.1) is 0 Å². The van der Waals surface area contributed by atoms with E-state index < -0.39 is 5.97 Å². The van der Waals surface area contributed by atoms with Gasteiger partial charge >= 0.3 is 5.97 Å². The Morgan fingerprint density at radius 2 is 2.00 bits per heavy atom. The summed E-state index contributed by atoms with van der Waals surface area (Å²) in [6.45, 7) is 4.08. The fourth-order valence-corrected chi connectivity index (χ4v) is 1.51. The van der Waals surface area contributed by atoms with Crippen molar-refractivity contribution in [2.45, 2.75) is 26.3 Å². The number of rotatable bonds is 6. The number of amides is 1. The molecule has 0 unspecified atom stereocenters. The van der Waals surface area contributed by atoms with E-state index in [-0.39, 0.29) is 18.4 Å². The smallest absolute Gasteiger partial charge is 0.305 e. The minimum atomic E-state index is -0.868. The monoisotopic (exact) mass is 219 g/mol. The van der Waals surface area contributed by atoms with Crippen molar-refractivity contribution in [1.29, 1.82) is 0 Å². The molecule has 0 aromatic rings. The van der Waals surface area contributed by atoms with Crippen molar-refractivity contribution in [2.24, 2.45) is 0 Å². The van der Waals surface area contributed by atoms with Crippen molar-refractivity contribution in [3.8, 4) is 0 Å². The Hall–Kier alpha value is -0.710. The van der Waals surface area contributed by atoms with Gasteiger partial charge in [-0.25, -0.2) is 0 Å². The van der Waals surface area contributed by atoms with Crippen LogP contribution in [0.2, 0.25) is 0 Å². The summed E-state index contributed by atoms with van der Waals surface area (Å²) >= 11 is 1.45. The number of carboxylic acid groups (broad SMARTS) is 1. The van der Waals surface area contributed by atoms with Gasteiger partial charge < -0.3 is 10.0 Å². The zero-order chi connectivity index (χ0) is 11.1. The maximum absolute atomic E-state index is 11.5. The van der Waals surface area contributed by atoms with E-state index >= 15 is 0 Å². The van der Waals surface area contributed by atoms with E-state index in [9.17, 15) is 9.59 Å². The molecule has 0 aromatic carbocycles. The third-order valence-electron chi connectivity index (χ3n) is 1.78. The molecule has 0 radical (unpaired) electrons. The highest BCUT2D eigenvalue weighted by molar-refractivity contribution is 7.99. The largest absolute Gasteiger partial charge is 0.481 e. The first-order valence-electron chi connectivity index (χ1n) is 4.49. The van der Waals surface area contributed by atoms with Crippen LogP contribution in [0.1, 0.15) is 20.3 Å². The molecular weight excluding hydrogens is 202 g/mol. The second kappa shape index (κ2) is 6.70. The van der Waals surface area contributed by atoms with E-state index in [4.69, 9.17) is 5.11 Å². The van der Waals surface area contributed by atoms with Crippen molar-refractivity contribution in [3.05, 3.63) is 0 Å². The summed E-state index contributed by atoms with van der Waals surface area (Å²) in [5, 5.41) is 8.51. The molecule has 0 fully saturated rings. The van der Waals surface area contributed by atoms with Gasteiger partial charge in [0.05, 0.1) is 12.2 Å². The number of aliphatic carboxylic acids is 1. The molecule has 0 aliphatic rings. The van der Waals surface area contributed by atoms with Crippen LogP contribution in [0.3, 0.4) is 0 Å². The molecular formula is C9H17NO3S. The molecule has 0 spiro atoms. The van der Waals surface area contributed by atoms with Crippen LogP contribution in [0.15, 0.2) is 0 Å². The summed E-state index contributed by atoms with van der Waals surface area (Å²) in [4.78, 5) is 23.5. The first-order valence-corrected chi connectivity index (χ1v) is 5.88. The predicted octanol–water partition coefficient (Wildman–Crippen LogP) is 1.06. The van der Waals surface area contributed by atoms with Crippen molar-refractivity contribution in [2.75, 3.05) is 18.6 Å². The minimum absolute atomic E-state index is 0.00810. The number of nitrogens with zero attached hydrogens (tertiary/aromatic N) is 1. The molecule has 1 amide bonds. The molecule has 5 heteroatoms. The Kier molecular flexibility index (Phi) is 6.36. The van der Waals surface area contributed by atoms with Gasteiger partial charge in [0, 0.05) is 12.6 Å². The lowest BCUT2D eigenvalue weighted by Crippen LogP contribution is -2.39. The summed E-state index contributed by atoms with van der Waals surface area (Å²) in [6.07, 6.45) is 1.87. The topological polar surface area (TPSA) is 57.6 Å². The Labute approximate surface area is 88.7 Å². The molecule has 0 atom stereocenters. The molecule has 4 nitrogen and oxygen atoms in total. The van der Waals surface area contributed by atoms with Gasteiger partial charge in [0.1, 0.15) is 0 Å². The molecule has 0 rings (SSSR count). The van der Waals surface area contributed by atoms with Crippen LogP contribution in [0.4, 0.5) is 0 Å². The first kappa shape index (κ1) is 13.3. The number of thioether (sulfide) groups is 1. The molecule has 0 aromatic heterocycles. The van der Waals surface area contributed by atoms with E-state index in [1.165, 1.54) is 11.8 Å². The standard InChI is InChI=1S/C9H17NO3S/c1-7(2)10(5-4-9(12)13)8(11)6-14-3/h7H,4-6H2,1-3H3,(H,12,13). The highest BCUT2D eigenvalue weighted by Gasteiger charge is 2.16. The zero-order valence-electron chi connectivity index (χ0n) is 8.82. The fraction of sp³-hybridized carbons (Fsp3) is 0.778. The molecule has 0 heterocycles. The lowest BCUT2D eigenvalue weighted by Gasteiger charge is -2.25. The number of carbonyl (C=O) groups is 2. The van der Waals surface area contributed by atoms with E-state index in [1.807, 2.05) is 20.1 Å². The third-order valence-corrected chi connectivity index (χ3v) is 2.31. The summed E-state index contributed by atoms with van der Waals surface area (Å²) in [7, 11) is 0. The molecule has 0 aliphatic heterocycles. The number of carboxylic acids is 1. The van der Waals surface area contributed by atoms with Gasteiger partial charge in [0.25, 0.3) is 0 Å². The molecule has 0 saturated carbocycles. The van der Waals surface area contributed by atoms with Crippen LogP contribution in [0.25, 0.3) is 0 Å². The normalized spacial score (nSPS) is 10.3. The minimum Gasteiger partial charge on any atom is -0.481 e. The highest BCUT2D eigenvalue weighted by atomic mass is 32.2. The van der Waals surface area contributed by atoms with E-state index in [0.717, 1.165) is 0 Å². The maximum atomic E-state index is 11.5. The van der Waals surface area contributed by atoms with Crippen LogP contribution in [-0.4, -0.2) is 46.5 Å². The SMILES string of the molecule is CSCC(=O)N(CCC(=O)O)C(C)C. The van der Waals surface area contributed by atoms with Gasteiger partial charge in [-0.3, -0.25) is 9.59 Å². The average Bonchev–Trinajstić information content (AvgIpc) is 2.03. The van der Waals surface area contributed by atoms with Crippen LogP contribution >= 0.6 is 11.8 Å². The van der Waals surface area contributed by atoms with Crippen LogP contribution in [0, 0.1) is 0 Å². The Balaban J connectivity index is 4.14. The first-order chi connectivity index (χ1) is 6.49. The van der Waals surface area contributed by atoms with Crippen molar-refractivity contribution < 1.29 is 14.7 Å².